The summed E-state index contributed by atoms with van der Waals surface area (Å²) in [5.41, 5.74) is 3.38. The minimum atomic E-state index is -0.520. The van der Waals surface area contributed by atoms with Crippen LogP contribution in [-0.2, 0) is 4.79 Å². The van der Waals surface area contributed by atoms with E-state index in [0.717, 1.165) is 28.6 Å². The van der Waals surface area contributed by atoms with Crippen LogP contribution in [0.3, 0.4) is 0 Å². The molecule has 0 radical (unpaired) electrons. The Morgan fingerprint density at radius 1 is 1.18 bits per heavy atom. The summed E-state index contributed by atoms with van der Waals surface area (Å²) in [6.07, 6.45) is 0. The third-order valence-electron chi connectivity index (χ3n) is 4.19. The molecule has 3 rings (SSSR count). The highest BCUT2D eigenvalue weighted by Gasteiger charge is 2.14. The fourth-order valence-electron chi connectivity index (χ4n) is 2.58. The Morgan fingerprint density at radius 2 is 1.93 bits per heavy atom. The van der Waals surface area contributed by atoms with Crippen molar-refractivity contribution in [1.29, 1.82) is 5.26 Å². The first-order valence-corrected chi connectivity index (χ1v) is 9.56. The molecule has 0 spiro atoms. The summed E-state index contributed by atoms with van der Waals surface area (Å²) in [6, 6.07) is 16.6. The smallest absolute Gasteiger partial charge is 0.270 e. The van der Waals surface area contributed by atoms with Gasteiger partial charge in [0.25, 0.3) is 5.56 Å². The molecule has 1 heterocycles. The summed E-state index contributed by atoms with van der Waals surface area (Å²) in [6.45, 7) is 3.99. The van der Waals surface area contributed by atoms with Crippen molar-refractivity contribution >= 4 is 23.4 Å². The summed E-state index contributed by atoms with van der Waals surface area (Å²) in [4.78, 5) is 31.4. The molecule has 1 aromatic heterocycles. The average Bonchev–Trinajstić information content (AvgIpc) is 2.69. The van der Waals surface area contributed by atoms with Gasteiger partial charge >= 0.3 is 0 Å². The van der Waals surface area contributed by atoms with Crippen LogP contribution >= 0.6 is 11.8 Å². The first-order chi connectivity index (χ1) is 13.5. The van der Waals surface area contributed by atoms with Crippen molar-refractivity contribution in [2.24, 2.45) is 0 Å². The third-order valence-corrected chi connectivity index (χ3v) is 5.06. The van der Waals surface area contributed by atoms with Gasteiger partial charge in [-0.1, -0.05) is 48.2 Å². The van der Waals surface area contributed by atoms with Crippen LogP contribution in [0.1, 0.15) is 16.7 Å². The summed E-state index contributed by atoms with van der Waals surface area (Å²) in [5, 5.41) is 12.4. The van der Waals surface area contributed by atoms with Crippen molar-refractivity contribution < 1.29 is 4.79 Å². The van der Waals surface area contributed by atoms with E-state index in [9.17, 15) is 14.9 Å². The lowest BCUT2D eigenvalue weighted by molar-refractivity contribution is -0.113. The van der Waals surface area contributed by atoms with E-state index in [1.54, 1.807) is 12.1 Å². The van der Waals surface area contributed by atoms with E-state index in [-0.39, 0.29) is 22.4 Å². The number of amides is 1. The minimum absolute atomic E-state index is 0.0462. The molecule has 0 bridgehead atoms. The highest BCUT2D eigenvalue weighted by atomic mass is 32.2. The number of carbonyl (C=O) groups excluding carboxylic acids is 1. The van der Waals surface area contributed by atoms with Gasteiger partial charge in [-0.05, 0) is 37.1 Å². The number of hydrogen-bond acceptors (Lipinski definition) is 5. The van der Waals surface area contributed by atoms with Gasteiger partial charge in [-0.2, -0.15) is 5.26 Å². The minimum Gasteiger partial charge on any atom is -0.325 e. The van der Waals surface area contributed by atoms with Crippen molar-refractivity contribution in [3.05, 3.63) is 75.6 Å². The number of carbonyl (C=O) groups is 1. The fraction of sp³-hybridized carbons (Fsp3) is 0.143. The molecule has 0 aliphatic carbocycles. The number of aromatic amines is 1. The molecule has 140 valence electrons. The maximum atomic E-state index is 12.2. The average molecular weight is 390 g/mol. The van der Waals surface area contributed by atoms with Crippen LogP contribution in [0, 0.1) is 25.2 Å². The van der Waals surface area contributed by atoms with E-state index in [2.05, 4.69) is 15.3 Å². The van der Waals surface area contributed by atoms with Crippen molar-refractivity contribution in [1.82, 2.24) is 9.97 Å². The number of hydrogen-bond donors (Lipinski definition) is 2. The molecule has 3 aromatic rings. The monoisotopic (exact) mass is 390 g/mol. The zero-order valence-electron chi connectivity index (χ0n) is 15.4. The SMILES string of the molecule is Cc1ccc(NC(=O)CSc2nc(-c3ccccc3)c(C#N)c(=O)[nH]2)cc1C. The Hall–Kier alpha value is -3.37. The number of H-pyrrole nitrogens is 1. The molecule has 0 saturated carbocycles. The van der Waals surface area contributed by atoms with Crippen molar-refractivity contribution in [2.45, 2.75) is 19.0 Å². The highest BCUT2D eigenvalue weighted by Crippen LogP contribution is 2.22. The van der Waals surface area contributed by atoms with Gasteiger partial charge in [0.2, 0.25) is 5.91 Å². The maximum Gasteiger partial charge on any atom is 0.270 e. The Balaban J connectivity index is 1.76. The van der Waals surface area contributed by atoms with Gasteiger partial charge < -0.3 is 10.3 Å². The molecule has 0 atom stereocenters. The maximum absolute atomic E-state index is 12.2. The normalized spacial score (nSPS) is 10.3. The van der Waals surface area contributed by atoms with Crippen molar-refractivity contribution in [3.8, 4) is 17.3 Å². The number of aryl methyl sites for hydroxylation is 2. The zero-order valence-corrected chi connectivity index (χ0v) is 16.3. The second kappa shape index (κ2) is 8.55. The van der Waals surface area contributed by atoms with Crippen LogP contribution in [0.2, 0.25) is 0 Å². The van der Waals surface area contributed by atoms with E-state index in [1.165, 1.54) is 0 Å². The van der Waals surface area contributed by atoms with Gasteiger partial charge in [0.1, 0.15) is 11.6 Å². The van der Waals surface area contributed by atoms with E-state index >= 15 is 0 Å². The fourth-order valence-corrected chi connectivity index (χ4v) is 3.24. The first-order valence-electron chi connectivity index (χ1n) is 8.57. The molecule has 0 fully saturated rings. The van der Waals surface area contributed by atoms with E-state index in [0.29, 0.717) is 11.3 Å². The summed E-state index contributed by atoms with van der Waals surface area (Å²) in [7, 11) is 0. The number of benzene rings is 2. The number of nitrogens with one attached hydrogen (secondary N) is 2. The van der Waals surface area contributed by atoms with E-state index in [1.807, 2.05) is 56.3 Å². The largest absolute Gasteiger partial charge is 0.325 e. The van der Waals surface area contributed by atoms with Gasteiger partial charge in [0, 0.05) is 11.3 Å². The predicted octanol–water partition coefficient (Wildman–Crippen LogP) is 3.66. The number of thioether (sulfide) groups is 1. The van der Waals surface area contributed by atoms with Gasteiger partial charge in [0.05, 0.1) is 11.4 Å². The molecule has 0 saturated heterocycles. The lowest BCUT2D eigenvalue weighted by Crippen LogP contribution is -2.17. The lowest BCUT2D eigenvalue weighted by atomic mass is 10.1. The molecular formula is C21H18N4O2S. The number of nitriles is 1. The Labute approximate surface area is 166 Å². The van der Waals surface area contributed by atoms with E-state index in [4.69, 9.17) is 0 Å². The lowest BCUT2D eigenvalue weighted by Gasteiger charge is -2.08. The van der Waals surface area contributed by atoms with Crippen LogP contribution in [0.15, 0.2) is 58.5 Å². The van der Waals surface area contributed by atoms with Gasteiger partial charge in [-0.3, -0.25) is 9.59 Å². The molecule has 1 amide bonds. The number of aromatic nitrogens is 2. The second-order valence-electron chi connectivity index (χ2n) is 6.21. The highest BCUT2D eigenvalue weighted by molar-refractivity contribution is 7.99. The van der Waals surface area contributed by atoms with Crippen LogP contribution in [0.5, 0.6) is 0 Å². The molecule has 7 heteroatoms. The summed E-state index contributed by atoms with van der Waals surface area (Å²) >= 11 is 1.11. The van der Waals surface area contributed by atoms with Crippen molar-refractivity contribution in [3.63, 3.8) is 0 Å². The van der Waals surface area contributed by atoms with Crippen molar-refractivity contribution in [2.75, 3.05) is 11.1 Å². The van der Waals surface area contributed by atoms with E-state index < -0.39 is 5.56 Å². The first kappa shape index (κ1) is 19.4. The molecule has 0 aliphatic heterocycles. The second-order valence-corrected chi connectivity index (χ2v) is 7.17. The molecule has 28 heavy (non-hydrogen) atoms. The van der Waals surface area contributed by atoms with Gasteiger partial charge in [-0.15, -0.1) is 0 Å². The zero-order chi connectivity index (χ0) is 20.1. The Kier molecular flexibility index (Phi) is 5.92. The predicted molar refractivity (Wildman–Crippen MR) is 110 cm³/mol. The standard InChI is InChI=1S/C21H18N4O2S/c1-13-8-9-16(10-14(13)2)23-18(26)12-28-21-24-19(15-6-4-3-5-7-15)17(11-22)20(27)25-21/h3-10H,12H2,1-2H3,(H,23,26)(H,24,25,27). The number of nitrogens with zero attached hydrogens (tertiary/aromatic N) is 2. The molecule has 2 aromatic carbocycles. The molecule has 6 nitrogen and oxygen atoms in total. The number of anilines is 1. The summed E-state index contributed by atoms with van der Waals surface area (Å²) in [5.74, 6) is -0.128. The van der Waals surface area contributed by atoms with Crippen LogP contribution in [-0.4, -0.2) is 21.6 Å². The molecule has 0 unspecified atom stereocenters. The molecule has 2 N–H and O–H groups in total. The Bertz CT molecular complexity index is 1120. The molecular weight excluding hydrogens is 372 g/mol. The van der Waals surface area contributed by atoms with Crippen LogP contribution < -0.4 is 10.9 Å². The number of rotatable bonds is 5. The van der Waals surface area contributed by atoms with Crippen LogP contribution in [0.4, 0.5) is 5.69 Å². The third kappa shape index (κ3) is 4.48. The van der Waals surface area contributed by atoms with Crippen LogP contribution in [0.25, 0.3) is 11.3 Å². The van der Waals surface area contributed by atoms with Gasteiger partial charge in [-0.25, -0.2) is 4.98 Å². The molecule has 0 aliphatic rings. The van der Waals surface area contributed by atoms with Gasteiger partial charge in [0.15, 0.2) is 5.16 Å². The quantitative estimate of drug-likeness (QED) is 0.512. The summed E-state index contributed by atoms with van der Waals surface area (Å²) < 4.78 is 0. The topological polar surface area (TPSA) is 98.6 Å². The Morgan fingerprint density at radius 3 is 2.61 bits per heavy atom.